The Labute approximate surface area is 219 Å². The van der Waals surface area contributed by atoms with Crippen molar-refractivity contribution in [3.63, 3.8) is 0 Å². The lowest BCUT2D eigenvalue weighted by atomic mass is 10.0. The van der Waals surface area contributed by atoms with Crippen LogP contribution in [0.1, 0.15) is 12.0 Å². The van der Waals surface area contributed by atoms with Crippen LogP contribution in [0, 0.1) is 0 Å². The molecule has 0 saturated carbocycles. The lowest BCUT2D eigenvalue weighted by Crippen LogP contribution is -2.31. The van der Waals surface area contributed by atoms with E-state index >= 15 is 0 Å². The molecule has 10 nitrogen and oxygen atoms in total. The van der Waals surface area contributed by atoms with Gasteiger partial charge in [-0.15, -0.1) is 0 Å². The number of anilines is 1. The summed E-state index contributed by atoms with van der Waals surface area (Å²) in [5.41, 5.74) is -0.832. The molecule has 3 aromatic rings. The molecule has 0 aliphatic carbocycles. The summed E-state index contributed by atoms with van der Waals surface area (Å²) < 4.78 is 56.4. The molecule has 1 fully saturated rings. The van der Waals surface area contributed by atoms with Crippen LogP contribution in [-0.4, -0.2) is 72.4 Å². The number of H-pyrrole nitrogens is 1. The van der Waals surface area contributed by atoms with Crippen LogP contribution in [0.15, 0.2) is 53.3 Å². The van der Waals surface area contributed by atoms with Crippen LogP contribution < -0.4 is 10.5 Å². The number of carboxylic acid groups (broad SMARTS) is 1. The van der Waals surface area contributed by atoms with Crippen molar-refractivity contribution in [2.45, 2.75) is 24.8 Å². The van der Waals surface area contributed by atoms with Gasteiger partial charge in [-0.2, -0.15) is 13.2 Å². The molecule has 4 rings (SSSR count). The molecule has 3 N–H and O–H groups in total. The van der Waals surface area contributed by atoms with Crippen molar-refractivity contribution >= 4 is 28.4 Å². The maximum Gasteiger partial charge on any atom is 0.417 e. The summed E-state index contributed by atoms with van der Waals surface area (Å²) in [5.74, 6) is -3.16. The number of halogens is 3. The zero-order valence-corrected chi connectivity index (χ0v) is 20.4. The lowest BCUT2D eigenvalue weighted by Gasteiger charge is -2.20. The highest BCUT2D eigenvalue weighted by atomic mass is 19.4. The number of aliphatic hydroxyl groups excluding tert-OH is 1. The van der Waals surface area contributed by atoms with Gasteiger partial charge in [0.05, 0.1) is 31.0 Å². The third-order valence-electron chi connectivity index (χ3n) is 6.15. The van der Waals surface area contributed by atoms with Gasteiger partial charge in [0.2, 0.25) is 0 Å². The normalized spacial score (nSPS) is 16.4. The molecule has 0 bridgehead atoms. The molecule has 39 heavy (non-hydrogen) atoms. The zero-order valence-electron chi connectivity index (χ0n) is 20.4. The number of aliphatic hydroxyl groups is 1. The predicted octanol–water partition coefficient (Wildman–Crippen LogP) is 2.77. The molecule has 0 amide bonds. The summed E-state index contributed by atoms with van der Waals surface area (Å²) in [6.07, 6.45) is -5.46. The second-order valence-corrected chi connectivity index (χ2v) is 8.82. The standard InChI is InChI=1S/C26H25F3N2O8/c27-26(28,29)21-4-2-1-3-19(21)22-9-15-5-6-16(10-20(15)23(33)30-22)31-12-17(39-14-31)11-18(37-8-7-32)13-38-25(36)24(34)35/h1-6,9-10,17-18,32H,7-8,11-14H2,(H,30,33)(H,34,35)/t17-,18?/m0/s1. The Morgan fingerprint density at radius 2 is 1.95 bits per heavy atom. The van der Waals surface area contributed by atoms with Gasteiger partial charge in [-0.05, 0) is 29.7 Å². The van der Waals surface area contributed by atoms with E-state index in [0.29, 0.717) is 17.6 Å². The van der Waals surface area contributed by atoms with E-state index in [1.165, 1.54) is 24.3 Å². The van der Waals surface area contributed by atoms with Crippen molar-refractivity contribution in [2.75, 3.05) is 38.0 Å². The molecule has 1 aromatic heterocycles. The van der Waals surface area contributed by atoms with Crippen LogP contribution in [0.25, 0.3) is 22.0 Å². The SMILES string of the molecule is O=C(O)C(=O)OCC(C[C@H]1CN(c2ccc3cc(-c4ccccc4C(F)(F)F)[nH]c(=O)c3c2)CO1)OCCO. The maximum atomic E-state index is 13.5. The third-order valence-corrected chi connectivity index (χ3v) is 6.15. The Kier molecular flexibility index (Phi) is 8.53. The van der Waals surface area contributed by atoms with E-state index in [9.17, 15) is 27.6 Å². The van der Waals surface area contributed by atoms with E-state index in [2.05, 4.69) is 4.98 Å². The van der Waals surface area contributed by atoms with E-state index in [1.807, 2.05) is 4.90 Å². The first-order valence-electron chi connectivity index (χ1n) is 11.9. The van der Waals surface area contributed by atoms with Gasteiger partial charge >= 0.3 is 18.1 Å². The summed E-state index contributed by atoms with van der Waals surface area (Å²) >= 11 is 0. The topological polar surface area (TPSA) is 138 Å². The number of carboxylic acids is 1. The minimum Gasteiger partial charge on any atom is -0.473 e. The van der Waals surface area contributed by atoms with Crippen molar-refractivity contribution < 1.29 is 47.2 Å². The van der Waals surface area contributed by atoms with Gasteiger partial charge in [0.15, 0.2) is 0 Å². The van der Waals surface area contributed by atoms with Crippen molar-refractivity contribution in [3.05, 3.63) is 64.4 Å². The van der Waals surface area contributed by atoms with Crippen molar-refractivity contribution in [2.24, 2.45) is 0 Å². The van der Waals surface area contributed by atoms with Crippen LogP contribution in [0.2, 0.25) is 0 Å². The first kappa shape index (κ1) is 28.1. The number of rotatable bonds is 9. The number of alkyl halides is 3. The lowest BCUT2D eigenvalue weighted by molar-refractivity contribution is -0.167. The van der Waals surface area contributed by atoms with E-state index in [4.69, 9.17) is 24.4 Å². The van der Waals surface area contributed by atoms with Crippen LogP contribution in [0.3, 0.4) is 0 Å². The summed E-state index contributed by atoms with van der Waals surface area (Å²) in [4.78, 5) is 39.2. The fourth-order valence-corrected chi connectivity index (χ4v) is 4.35. The molecule has 208 valence electrons. The predicted molar refractivity (Wildman–Crippen MR) is 132 cm³/mol. The second kappa shape index (κ2) is 11.8. The number of aromatic amines is 1. The second-order valence-electron chi connectivity index (χ2n) is 8.82. The van der Waals surface area contributed by atoms with Crippen LogP contribution in [-0.2, 0) is 30.0 Å². The molecule has 1 saturated heterocycles. The van der Waals surface area contributed by atoms with E-state index < -0.39 is 41.4 Å². The number of ether oxygens (including phenoxy) is 3. The van der Waals surface area contributed by atoms with Gasteiger partial charge < -0.3 is 34.3 Å². The van der Waals surface area contributed by atoms with Gasteiger partial charge in [0.25, 0.3) is 5.56 Å². The van der Waals surface area contributed by atoms with E-state index in [-0.39, 0.29) is 49.6 Å². The van der Waals surface area contributed by atoms with Crippen molar-refractivity contribution in [1.82, 2.24) is 4.98 Å². The Hall–Kier alpha value is -3.94. The van der Waals surface area contributed by atoms with E-state index in [0.717, 1.165) is 6.07 Å². The Morgan fingerprint density at radius 1 is 1.18 bits per heavy atom. The largest absolute Gasteiger partial charge is 0.473 e. The highest BCUT2D eigenvalue weighted by Crippen LogP contribution is 2.36. The molecule has 1 aliphatic rings. The number of hydrogen-bond donors (Lipinski definition) is 3. The van der Waals surface area contributed by atoms with Crippen molar-refractivity contribution in [1.29, 1.82) is 0 Å². The molecule has 0 spiro atoms. The quantitative estimate of drug-likeness (QED) is 0.271. The van der Waals surface area contributed by atoms with Crippen LogP contribution in [0.4, 0.5) is 18.9 Å². The molecule has 2 heterocycles. The summed E-state index contributed by atoms with van der Waals surface area (Å²) in [6, 6.07) is 11.5. The number of fused-ring (bicyclic) bond motifs is 1. The summed E-state index contributed by atoms with van der Waals surface area (Å²) in [7, 11) is 0. The monoisotopic (exact) mass is 550 g/mol. The Balaban J connectivity index is 1.49. The molecular formula is C26H25F3N2O8. The first-order valence-corrected chi connectivity index (χ1v) is 11.9. The number of benzene rings is 2. The number of aliphatic carboxylic acids is 1. The van der Waals surface area contributed by atoms with Crippen LogP contribution >= 0.6 is 0 Å². The molecule has 2 aromatic carbocycles. The number of nitrogens with one attached hydrogen (secondary N) is 1. The van der Waals surface area contributed by atoms with E-state index in [1.54, 1.807) is 18.2 Å². The molecule has 2 atom stereocenters. The molecule has 1 aliphatic heterocycles. The minimum atomic E-state index is -4.58. The third kappa shape index (κ3) is 6.74. The number of carbonyl (C=O) groups is 2. The van der Waals surface area contributed by atoms with Gasteiger partial charge in [0, 0.05) is 35.3 Å². The van der Waals surface area contributed by atoms with Crippen LogP contribution in [0.5, 0.6) is 0 Å². The average molecular weight is 550 g/mol. The summed E-state index contributed by atoms with van der Waals surface area (Å²) in [5, 5.41) is 18.4. The fourth-order valence-electron chi connectivity index (χ4n) is 4.35. The van der Waals surface area contributed by atoms with Gasteiger partial charge in [0.1, 0.15) is 13.3 Å². The maximum absolute atomic E-state index is 13.5. The number of pyridine rings is 1. The highest BCUT2D eigenvalue weighted by Gasteiger charge is 2.34. The summed E-state index contributed by atoms with van der Waals surface area (Å²) in [6.45, 7) is -0.139. The number of carbonyl (C=O) groups excluding carboxylic acids is 1. The fraction of sp³-hybridized carbons (Fsp3) is 0.346. The molecule has 13 heteroatoms. The molecular weight excluding hydrogens is 525 g/mol. The van der Waals surface area contributed by atoms with Gasteiger partial charge in [-0.3, -0.25) is 4.79 Å². The van der Waals surface area contributed by atoms with Gasteiger partial charge in [-0.25, -0.2) is 9.59 Å². The molecule has 0 radical (unpaired) electrons. The van der Waals surface area contributed by atoms with Gasteiger partial charge in [-0.1, -0.05) is 24.3 Å². The van der Waals surface area contributed by atoms with Crippen molar-refractivity contribution in [3.8, 4) is 11.3 Å². The number of nitrogens with zero attached hydrogens (tertiary/aromatic N) is 1. The number of hydrogen-bond acceptors (Lipinski definition) is 8. The average Bonchev–Trinajstić information content (AvgIpc) is 3.37. The zero-order chi connectivity index (χ0) is 28.2. The Morgan fingerprint density at radius 3 is 2.67 bits per heavy atom. The minimum absolute atomic E-state index is 0.0470. The smallest absolute Gasteiger partial charge is 0.417 e. The number of aromatic nitrogens is 1. The number of esters is 1. The first-order chi connectivity index (χ1) is 18.6. The Bertz CT molecular complexity index is 1410. The molecule has 1 unspecified atom stereocenters. The highest BCUT2D eigenvalue weighted by molar-refractivity contribution is 6.28.